The van der Waals surface area contributed by atoms with E-state index in [1.165, 1.54) is 0 Å². The summed E-state index contributed by atoms with van der Waals surface area (Å²) in [5, 5.41) is 15.2. The molecule has 9 nitrogen and oxygen atoms in total. The van der Waals surface area contributed by atoms with Crippen LogP contribution in [0.25, 0.3) is 0 Å². The third-order valence-electron chi connectivity index (χ3n) is 7.15. The number of aliphatic carboxylic acids is 1. The Balaban J connectivity index is 1.60. The van der Waals surface area contributed by atoms with Gasteiger partial charge in [-0.05, 0) is 73.1 Å². The molecule has 0 spiro atoms. The Morgan fingerprint density at radius 2 is 1.78 bits per heavy atom. The maximum Gasteiger partial charge on any atom is 0.323 e. The molecule has 2 aliphatic heterocycles. The van der Waals surface area contributed by atoms with Gasteiger partial charge in [-0.3, -0.25) is 4.79 Å². The fourth-order valence-corrected chi connectivity index (χ4v) is 6.88. The van der Waals surface area contributed by atoms with Gasteiger partial charge in [0, 0.05) is 31.5 Å². The van der Waals surface area contributed by atoms with E-state index in [0.29, 0.717) is 36.6 Å². The number of nitrogens with zero attached hydrogens (tertiary/aromatic N) is 1. The number of anilines is 3. The highest BCUT2D eigenvalue weighted by atomic mass is 32.2. The van der Waals surface area contributed by atoms with Crippen LogP contribution in [-0.4, -0.2) is 51.3 Å². The highest BCUT2D eigenvalue weighted by molar-refractivity contribution is 7.90. The van der Waals surface area contributed by atoms with E-state index >= 15 is 0 Å². The molecule has 0 saturated carbocycles. The molecule has 0 bridgehead atoms. The Bertz CT molecular complexity index is 1260. The SMILES string of the molecule is CC[C@H](CC(=O)O)c1ccc(N(CC)C2CCOCC2)c(NC(=O)Nc2ccc3c(c2)CS(=O)(=O)C3)c1. The first-order valence-electron chi connectivity index (χ1n) is 12.8. The lowest BCUT2D eigenvalue weighted by Crippen LogP contribution is -2.40. The maximum atomic E-state index is 13.1. The quantitative estimate of drug-likeness (QED) is 0.429. The summed E-state index contributed by atoms with van der Waals surface area (Å²) in [4.78, 5) is 26.8. The normalized spacial score (nSPS) is 17.6. The average molecular weight is 530 g/mol. The van der Waals surface area contributed by atoms with E-state index in [0.717, 1.165) is 36.2 Å². The predicted octanol–water partition coefficient (Wildman–Crippen LogP) is 4.73. The number of hydrogen-bond donors (Lipinski definition) is 3. The molecule has 0 aliphatic carbocycles. The van der Waals surface area contributed by atoms with Crippen LogP contribution in [0, 0.1) is 0 Å². The summed E-state index contributed by atoms with van der Waals surface area (Å²) in [6, 6.07) is 10.8. The zero-order valence-electron chi connectivity index (χ0n) is 21.3. The molecule has 2 amide bonds. The second-order valence-corrected chi connectivity index (χ2v) is 11.8. The molecule has 10 heteroatoms. The van der Waals surface area contributed by atoms with Crippen molar-refractivity contribution in [2.24, 2.45) is 0 Å². The van der Waals surface area contributed by atoms with Crippen molar-refractivity contribution in [2.75, 3.05) is 35.3 Å². The van der Waals surface area contributed by atoms with Crippen LogP contribution in [0.5, 0.6) is 0 Å². The van der Waals surface area contributed by atoms with E-state index in [2.05, 4.69) is 22.5 Å². The number of carboxylic acid groups (broad SMARTS) is 1. The Hall–Kier alpha value is -3.11. The van der Waals surface area contributed by atoms with Crippen molar-refractivity contribution in [2.45, 2.75) is 63.0 Å². The first-order valence-corrected chi connectivity index (χ1v) is 14.6. The maximum absolute atomic E-state index is 13.1. The highest BCUT2D eigenvalue weighted by Gasteiger charge is 2.26. The minimum Gasteiger partial charge on any atom is -0.481 e. The number of urea groups is 1. The zero-order chi connectivity index (χ0) is 26.6. The van der Waals surface area contributed by atoms with Crippen LogP contribution < -0.4 is 15.5 Å². The van der Waals surface area contributed by atoms with Gasteiger partial charge in [0.25, 0.3) is 0 Å². The molecule has 2 aromatic rings. The van der Waals surface area contributed by atoms with Crippen LogP contribution >= 0.6 is 0 Å². The number of amides is 2. The summed E-state index contributed by atoms with van der Waals surface area (Å²) in [5.41, 5.74) is 4.32. The topological polar surface area (TPSA) is 125 Å². The van der Waals surface area contributed by atoms with Crippen molar-refractivity contribution in [3.8, 4) is 0 Å². The average Bonchev–Trinajstić information content (AvgIpc) is 3.17. The molecular weight excluding hydrogens is 494 g/mol. The first-order chi connectivity index (χ1) is 17.7. The van der Waals surface area contributed by atoms with Gasteiger partial charge in [0.05, 0.1) is 29.3 Å². The van der Waals surface area contributed by atoms with Gasteiger partial charge in [0.2, 0.25) is 0 Å². The number of nitrogens with one attached hydrogen (secondary N) is 2. The van der Waals surface area contributed by atoms with Crippen molar-refractivity contribution in [1.82, 2.24) is 0 Å². The summed E-state index contributed by atoms with van der Waals surface area (Å²) < 4.78 is 29.4. The van der Waals surface area contributed by atoms with Crippen LogP contribution in [0.2, 0.25) is 0 Å². The monoisotopic (exact) mass is 529 g/mol. The van der Waals surface area contributed by atoms with E-state index in [1.54, 1.807) is 18.2 Å². The van der Waals surface area contributed by atoms with Gasteiger partial charge in [-0.1, -0.05) is 19.1 Å². The second kappa shape index (κ2) is 11.5. The fourth-order valence-electron chi connectivity index (χ4n) is 5.28. The summed E-state index contributed by atoms with van der Waals surface area (Å²) in [5.74, 6) is -1.03. The lowest BCUT2D eigenvalue weighted by atomic mass is 9.92. The molecule has 37 heavy (non-hydrogen) atoms. The largest absolute Gasteiger partial charge is 0.481 e. The number of fused-ring (bicyclic) bond motifs is 1. The number of carbonyl (C=O) groups is 2. The lowest BCUT2D eigenvalue weighted by molar-refractivity contribution is -0.137. The number of sulfone groups is 1. The molecule has 2 aliphatic rings. The lowest BCUT2D eigenvalue weighted by Gasteiger charge is -2.36. The Morgan fingerprint density at radius 1 is 1.05 bits per heavy atom. The van der Waals surface area contributed by atoms with Crippen molar-refractivity contribution in [3.63, 3.8) is 0 Å². The molecule has 3 N–H and O–H groups in total. The molecule has 0 aromatic heterocycles. The van der Waals surface area contributed by atoms with Crippen molar-refractivity contribution >= 4 is 38.9 Å². The number of carbonyl (C=O) groups excluding carboxylic acids is 1. The Kier molecular flexibility index (Phi) is 8.39. The summed E-state index contributed by atoms with van der Waals surface area (Å²) in [7, 11) is -3.14. The van der Waals surface area contributed by atoms with E-state index in [-0.39, 0.29) is 29.9 Å². The molecule has 4 rings (SSSR count). The van der Waals surface area contributed by atoms with E-state index in [9.17, 15) is 23.1 Å². The van der Waals surface area contributed by atoms with Gasteiger partial charge in [-0.2, -0.15) is 0 Å². The zero-order valence-corrected chi connectivity index (χ0v) is 22.1. The van der Waals surface area contributed by atoms with Crippen LogP contribution in [0.15, 0.2) is 36.4 Å². The predicted molar refractivity (Wildman–Crippen MR) is 144 cm³/mol. The van der Waals surface area contributed by atoms with Gasteiger partial charge < -0.3 is 25.4 Å². The standard InChI is InChI=1S/C27H35N3O6S/c1-3-18(15-26(31)32)19-6-8-25(30(4-2)23-9-11-36-12-10-23)24(14-19)29-27(33)28-22-7-5-20-16-37(34,35)17-21(20)13-22/h5-8,13-14,18,23H,3-4,9-12,15-17H2,1-2H3,(H,31,32)(H2,28,29,33)/t18-/m1/s1. The van der Waals surface area contributed by atoms with Gasteiger partial charge in [-0.15, -0.1) is 0 Å². The number of benzene rings is 2. The third-order valence-corrected chi connectivity index (χ3v) is 8.65. The summed E-state index contributed by atoms with van der Waals surface area (Å²) in [6.07, 6.45) is 2.44. The molecular formula is C27H35N3O6S. The molecule has 1 fully saturated rings. The minimum atomic E-state index is -3.14. The second-order valence-electron chi connectivity index (χ2n) is 9.70. The number of rotatable bonds is 9. The van der Waals surface area contributed by atoms with Gasteiger partial charge in [0.1, 0.15) is 0 Å². The van der Waals surface area contributed by atoms with E-state index in [4.69, 9.17) is 4.74 Å². The van der Waals surface area contributed by atoms with Crippen molar-refractivity contribution in [3.05, 3.63) is 53.1 Å². The van der Waals surface area contributed by atoms with Gasteiger partial charge in [-0.25, -0.2) is 13.2 Å². The summed E-state index contributed by atoms with van der Waals surface area (Å²) in [6.45, 7) is 6.15. The third kappa shape index (κ3) is 6.61. The molecule has 2 aromatic carbocycles. The highest BCUT2D eigenvalue weighted by Crippen LogP contribution is 2.35. The summed E-state index contributed by atoms with van der Waals surface area (Å²) >= 11 is 0. The van der Waals surface area contributed by atoms with Crippen LogP contribution in [0.4, 0.5) is 21.9 Å². The molecule has 1 saturated heterocycles. The number of ether oxygens (including phenoxy) is 1. The Morgan fingerprint density at radius 3 is 2.46 bits per heavy atom. The Labute approximate surface area is 218 Å². The minimum absolute atomic E-state index is 0.0109. The number of carboxylic acids is 1. The van der Waals surface area contributed by atoms with Crippen molar-refractivity contribution in [1.29, 1.82) is 0 Å². The molecule has 2 heterocycles. The fraction of sp³-hybridized carbons (Fsp3) is 0.481. The molecule has 200 valence electrons. The van der Waals surface area contributed by atoms with Crippen LogP contribution in [0.3, 0.4) is 0 Å². The van der Waals surface area contributed by atoms with Crippen molar-refractivity contribution < 1.29 is 27.9 Å². The van der Waals surface area contributed by atoms with E-state index < -0.39 is 21.8 Å². The smallest absolute Gasteiger partial charge is 0.323 e. The van der Waals surface area contributed by atoms with Crippen LogP contribution in [-0.2, 0) is 30.9 Å². The molecule has 0 radical (unpaired) electrons. The molecule has 1 atom stereocenters. The van der Waals surface area contributed by atoms with Gasteiger partial charge in [0.15, 0.2) is 9.84 Å². The first kappa shape index (κ1) is 26.9. The van der Waals surface area contributed by atoms with Gasteiger partial charge >= 0.3 is 12.0 Å². The molecule has 0 unspecified atom stereocenters. The van der Waals surface area contributed by atoms with E-state index in [1.807, 2.05) is 25.1 Å². The number of hydrogen-bond acceptors (Lipinski definition) is 6. The van der Waals surface area contributed by atoms with Crippen LogP contribution in [0.1, 0.15) is 62.1 Å².